The summed E-state index contributed by atoms with van der Waals surface area (Å²) in [5.74, 6) is 0.885. The number of ether oxygens (including phenoxy) is 1. The molecule has 0 aliphatic rings. The van der Waals surface area contributed by atoms with Gasteiger partial charge in [0.05, 0.1) is 7.11 Å². The van der Waals surface area contributed by atoms with Gasteiger partial charge in [0.2, 0.25) is 0 Å². The third-order valence-corrected chi connectivity index (χ3v) is 7.52. The summed E-state index contributed by atoms with van der Waals surface area (Å²) in [6.45, 7) is 8.46. The highest BCUT2D eigenvalue weighted by atomic mass is 31.1. The van der Waals surface area contributed by atoms with Crippen LogP contribution in [-0.2, 0) is 11.6 Å². The highest BCUT2D eigenvalue weighted by Gasteiger charge is 2.26. The average molecular weight is 392 g/mol. The molecule has 3 aromatic carbocycles. The minimum Gasteiger partial charge on any atom is -0.504 e. The first kappa shape index (κ1) is 20.4. The molecule has 0 unspecified atom stereocenters. The maximum absolute atomic E-state index is 11.0. The first-order valence-electron chi connectivity index (χ1n) is 9.60. The number of phenols is 1. The third-order valence-electron chi connectivity index (χ3n) is 5.05. The SMILES string of the molecule is COc1c(O)c(C(C)(C)C)cc(C)c1CP(c1ccccc1)c1ccccc1. The van der Waals surface area contributed by atoms with Crippen molar-refractivity contribution >= 4 is 18.5 Å². The number of methoxy groups -OCH3 is 1. The van der Waals surface area contributed by atoms with Crippen molar-refractivity contribution < 1.29 is 9.84 Å². The zero-order valence-electron chi connectivity index (χ0n) is 17.4. The third kappa shape index (κ3) is 4.23. The minimum atomic E-state index is -0.607. The van der Waals surface area contributed by atoms with Crippen LogP contribution in [0.5, 0.6) is 11.5 Å². The maximum atomic E-state index is 11.0. The molecule has 3 rings (SSSR count). The van der Waals surface area contributed by atoms with Gasteiger partial charge in [0.1, 0.15) is 0 Å². The van der Waals surface area contributed by atoms with Gasteiger partial charge >= 0.3 is 0 Å². The van der Waals surface area contributed by atoms with Gasteiger partial charge in [-0.3, -0.25) is 0 Å². The van der Waals surface area contributed by atoms with Crippen molar-refractivity contribution in [3.63, 3.8) is 0 Å². The predicted molar refractivity (Wildman–Crippen MR) is 121 cm³/mol. The molecular formula is C25H29O2P. The van der Waals surface area contributed by atoms with E-state index in [1.807, 2.05) is 0 Å². The molecule has 28 heavy (non-hydrogen) atoms. The summed E-state index contributed by atoms with van der Waals surface area (Å²) in [5, 5.41) is 13.6. The summed E-state index contributed by atoms with van der Waals surface area (Å²) < 4.78 is 5.73. The maximum Gasteiger partial charge on any atom is 0.164 e. The molecule has 146 valence electrons. The molecule has 1 N–H and O–H groups in total. The van der Waals surface area contributed by atoms with Crippen LogP contribution in [-0.4, -0.2) is 12.2 Å². The van der Waals surface area contributed by atoms with E-state index < -0.39 is 7.92 Å². The second-order valence-corrected chi connectivity index (χ2v) is 10.3. The zero-order chi connectivity index (χ0) is 20.3. The van der Waals surface area contributed by atoms with Crippen LogP contribution >= 0.6 is 7.92 Å². The van der Waals surface area contributed by atoms with Gasteiger partial charge in [-0.2, -0.15) is 0 Å². The lowest BCUT2D eigenvalue weighted by Crippen LogP contribution is -2.16. The second-order valence-electron chi connectivity index (χ2n) is 8.11. The molecule has 2 nitrogen and oxygen atoms in total. The average Bonchev–Trinajstić information content (AvgIpc) is 2.68. The largest absolute Gasteiger partial charge is 0.504 e. The Morgan fingerprint density at radius 3 is 1.82 bits per heavy atom. The van der Waals surface area contributed by atoms with E-state index in [0.717, 1.165) is 17.3 Å². The van der Waals surface area contributed by atoms with E-state index in [2.05, 4.69) is 94.4 Å². The Kier molecular flexibility index (Phi) is 6.10. The lowest BCUT2D eigenvalue weighted by atomic mass is 9.84. The van der Waals surface area contributed by atoms with Gasteiger partial charge in [-0.15, -0.1) is 0 Å². The Hall–Kier alpha value is -2.31. The summed E-state index contributed by atoms with van der Waals surface area (Å²) in [7, 11) is 1.04. The van der Waals surface area contributed by atoms with Crippen LogP contribution in [0.2, 0.25) is 0 Å². The molecule has 0 fully saturated rings. The topological polar surface area (TPSA) is 29.5 Å². The van der Waals surface area contributed by atoms with E-state index in [1.54, 1.807) is 7.11 Å². The normalized spacial score (nSPS) is 11.6. The molecule has 0 atom stereocenters. The van der Waals surface area contributed by atoms with Crippen molar-refractivity contribution in [2.24, 2.45) is 0 Å². The van der Waals surface area contributed by atoms with Crippen LogP contribution in [0.1, 0.15) is 37.5 Å². The molecule has 0 spiro atoms. The molecule has 0 aromatic heterocycles. The number of aryl methyl sites for hydroxylation is 1. The van der Waals surface area contributed by atoms with Gasteiger partial charge in [-0.1, -0.05) is 87.5 Å². The van der Waals surface area contributed by atoms with Crippen molar-refractivity contribution in [2.75, 3.05) is 7.11 Å². The zero-order valence-corrected chi connectivity index (χ0v) is 18.3. The molecular weight excluding hydrogens is 363 g/mol. The lowest BCUT2D eigenvalue weighted by molar-refractivity contribution is 0.361. The fourth-order valence-electron chi connectivity index (χ4n) is 3.51. The number of rotatable bonds is 5. The highest BCUT2D eigenvalue weighted by Crippen LogP contribution is 2.47. The Morgan fingerprint density at radius 2 is 1.39 bits per heavy atom. The summed E-state index contributed by atoms with van der Waals surface area (Å²) in [6, 6.07) is 23.4. The van der Waals surface area contributed by atoms with E-state index in [1.165, 1.54) is 16.2 Å². The number of benzene rings is 3. The molecule has 0 amide bonds. The standard InChI is InChI=1S/C25H29O2P/c1-18-16-22(25(2,3)4)23(26)24(27-5)21(18)17-28(19-12-8-6-9-13-19)20-14-10-7-11-15-20/h6-16,26H,17H2,1-5H3. The van der Waals surface area contributed by atoms with Crippen LogP contribution < -0.4 is 15.3 Å². The van der Waals surface area contributed by atoms with Crippen molar-refractivity contribution in [3.8, 4) is 11.5 Å². The Bertz CT molecular complexity index is 889. The van der Waals surface area contributed by atoms with Crippen LogP contribution in [0.3, 0.4) is 0 Å². The van der Waals surface area contributed by atoms with Gasteiger partial charge in [0.15, 0.2) is 11.5 Å². The van der Waals surface area contributed by atoms with Crippen molar-refractivity contribution in [1.82, 2.24) is 0 Å². The number of hydrogen-bond acceptors (Lipinski definition) is 2. The van der Waals surface area contributed by atoms with Gasteiger partial charge in [0, 0.05) is 17.3 Å². The smallest absolute Gasteiger partial charge is 0.164 e. The number of aromatic hydroxyl groups is 1. The van der Waals surface area contributed by atoms with E-state index in [0.29, 0.717) is 5.75 Å². The van der Waals surface area contributed by atoms with E-state index in [4.69, 9.17) is 4.74 Å². The fourth-order valence-corrected chi connectivity index (χ4v) is 5.95. The Balaban J connectivity index is 2.13. The molecule has 0 aliphatic heterocycles. The van der Waals surface area contributed by atoms with Gasteiger partial charge < -0.3 is 9.84 Å². The van der Waals surface area contributed by atoms with Crippen LogP contribution in [0.25, 0.3) is 0 Å². The molecule has 0 aliphatic carbocycles. The molecule has 3 aromatic rings. The monoisotopic (exact) mass is 392 g/mol. The van der Waals surface area contributed by atoms with Crippen molar-refractivity contribution in [3.05, 3.63) is 83.4 Å². The predicted octanol–water partition coefficient (Wildman–Crippen LogP) is 5.64. The summed E-state index contributed by atoms with van der Waals surface area (Å²) >= 11 is 0. The van der Waals surface area contributed by atoms with Crippen LogP contribution in [0, 0.1) is 6.92 Å². The molecule has 0 radical (unpaired) electrons. The fraction of sp³-hybridized carbons (Fsp3) is 0.280. The van der Waals surface area contributed by atoms with E-state index >= 15 is 0 Å². The second kappa shape index (κ2) is 8.37. The minimum absolute atomic E-state index is 0.149. The quantitative estimate of drug-likeness (QED) is 0.570. The molecule has 3 heteroatoms. The van der Waals surface area contributed by atoms with E-state index in [-0.39, 0.29) is 11.2 Å². The van der Waals surface area contributed by atoms with Gasteiger partial charge in [0.25, 0.3) is 0 Å². The van der Waals surface area contributed by atoms with Crippen molar-refractivity contribution in [1.29, 1.82) is 0 Å². The van der Waals surface area contributed by atoms with Gasteiger partial charge in [-0.25, -0.2) is 0 Å². The summed E-state index contributed by atoms with van der Waals surface area (Å²) in [5.41, 5.74) is 3.03. The Morgan fingerprint density at radius 1 is 0.893 bits per heavy atom. The summed E-state index contributed by atoms with van der Waals surface area (Å²) in [4.78, 5) is 0. The lowest BCUT2D eigenvalue weighted by Gasteiger charge is -2.26. The molecule has 0 saturated carbocycles. The summed E-state index contributed by atoms with van der Waals surface area (Å²) in [6.07, 6.45) is 0.830. The number of phenolic OH excluding ortho intramolecular Hbond substituents is 1. The van der Waals surface area contributed by atoms with Crippen molar-refractivity contribution in [2.45, 2.75) is 39.3 Å². The van der Waals surface area contributed by atoms with Crippen LogP contribution in [0.4, 0.5) is 0 Å². The highest BCUT2D eigenvalue weighted by molar-refractivity contribution is 7.72. The first-order valence-corrected chi connectivity index (χ1v) is 11.1. The van der Waals surface area contributed by atoms with E-state index in [9.17, 15) is 5.11 Å². The van der Waals surface area contributed by atoms with Crippen LogP contribution in [0.15, 0.2) is 66.7 Å². The Labute approximate surface area is 170 Å². The molecule has 0 heterocycles. The molecule has 0 saturated heterocycles. The first-order chi connectivity index (χ1) is 13.3. The van der Waals surface area contributed by atoms with Gasteiger partial charge in [-0.05, 0) is 36.4 Å². The number of hydrogen-bond donors (Lipinski definition) is 1. The molecule has 0 bridgehead atoms.